The quantitative estimate of drug-likeness (QED) is 0.682. The van der Waals surface area contributed by atoms with Crippen LogP contribution in [-0.4, -0.2) is 20.6 Å². The first-order valence-corrected chi connectivity index (χ1v) is 6.06. The molecule has 0 aliphatic rings. The Balaban J connectivity index is 2.37. The Hall–Kier alpha value is -2.96. The van der Waals surface area contributed by atoms with E-state index in [1.165, 1.54) is 35.9 Å². The van der Waals surface area contributed by atoms with Crippen LogP contribution in [0.3, 0.4) is 0 Å². The van der Waals surface area contributed by atoms with Crippen molar-refractivity contribution in [1.29, 1.82) is 0 Å². The van der Waals surface area contributed by atoms with Crippen molar-refractivity contribution in [2.75, 3.05) is 0 Å². The van der Waals surface area contributed by atoms with E-state index in [4.69, 9.17) is 5.11 Å². The van der Waals surface area contributed by atoms with Crippen molar-refractivity contribution in [2.45, 2.75) is 13.5 Å². The minimum Gasteiger partial charge on any atom is -0.478 e. The van der Waals surface area contributed by atoms with Gasteiger partial charge in [-0.15, -0.1) is 0 Å². The third-order valence-corrected chi connectivity index (χ3v) is 3.02. The van der Waals surface area contributed by atoms with Crippen molar-refractivity contribution >= 4 is 11.7 Å². The van der Waals surface area contributed by atoms with Crippen LogP contribution in [0.15, 0.2) is 41.3 Å². The molecule has 21 heavy (non-hydrogen) atoms. The van der Waals surface area contributed by atoms with Gasteiger partial charge in [-0.1, -0.05) is 12.1 Å². The Kier molecular flexibility index (Phi) is 3.84. The van der Waals surface area contributed by atoms with Gasteiger partial charge in [0, 0.05) is 11.6 Å². The fourth-order valence-electron chi connectivity index (χ4n) is 1.93. The summed E-state index contributed by atoms with van der Waals surface area (Å²) in [5, 5.41) is 19.6. The summed E-state index contributed by atoms with van der Waals surface area (Å²) in [6.07, 6.45) is 1.18. The van der Waals surface area contributed by atoms with Crippen LogP contribution in [0, 0.1) is 17.0 Å². The number of aromatic nitrogens is 1. The molecular formula is C14H12N2O5. The molecule has 1 aromatic heterocycles. The Morgan fingerprint density at radius 1 is 1.33 bits per heavy atom. The van der Waals surface area contributed by atoms with Crippen molar-refractivity contribution in [3.63, 3.8) is 0 Å². The first-order chi connectivity index (χ1) is 9.88. The Morgan fingerprint density at radius 2 is 1.95 bits per heavy atom. The van der Waals surface area contributed by atoms with Crippen LogP contribution in [0.1, 0.15) is 21.5 Å². The van der Waals surface area contributed by atoms with Gasteiger partial charge in [0.25, 0.3) is 11.2 Å². The van der Waals surface area contributed by atoms with Gasteiger partial charge in [0.2, 0.25) is 0 Å². The van der Waals surface area contributed by atoms with Crippen LogP contribution in [-0.2, 0) is 6.54 Å². The maximum Gasteiger partial charge on any atom is 0.335 e. The molecular weight excluding hydrogens is 276 g/mol. The molecule has 2 aromatic rings. The smallest absolute Gasteiger partial charge is 0.335 e. The van der Waals surface area contributed by atoms with E-state index in [-0.39, 0.29) is 28.9 Å². The highest BCUT2D eigenvalue weighted by atomic mass is 16.6. The summed E-state index contributed by atoms with van der Waals surface area (Å²) < 4.78 is 1.24. The average Bonchev–Trinajstić information content (AvgIpc) is 2.44. The van der Waals surface area contributed by atoms with Gasteiger partial charge < -0.3 is 9.67 Å². The van der Waals surface area contributed by atoms with E-state index in [0.29, 0.717) is 5.56 Å². The van der Waals surface area contributed by atoms with Crippen LogP contribution < -0.4 is 5.56 Å². The number of aromatic carboxylic acids is 1. The molecule has 0 unspecified atom stereocenters. The maximum absolute atomic E-state index is 12.0. The molecule has 0 amide bonds. The highest BCUT2D eigenvalue weighted by Crippen LogP contribution is 2.12. The number of hydrogen-bond donors (Lipinski definition) is 1. The van der Waals surface area contributed by atoms with Crippen molar-refractivity contribution in [3.05, 3.63) is 73.7 Å². The molecule has 0 saturated heterocycles. The number of nitro groups is 1. The zero-order valence-corrected chi connectivity index (χ0v) is 11.1. The van der Waals surface area contributed by atoms with E-state index in [2.05, 4.69) is 0 Å². The second kappa shape index (κ2) is 5.58. The minimum absolute atomic E-state index is 0.140. The predicted molar refractivity (Wildman–Crippen MR) is 74.6 cm³/mol. The van der Waals surface area contributed by atoms with E-state index in [0.717, 1.165) is 0 Å². The van der Waals surface area contributed by atoms with E-state index >= 15 is 0 Å². The molecule has 2 rings (SSSR count). The van der Waals surface area contributed by atoms with Gasteiger partial charge in [0.15, 0.2) is 0 Å². The van der Waals surface area contributed by atoms with Gasteiger partial charge in [0.05, 0.1) is 23.2 Å². The fraction of sp³-hybridized carbons (Fsp3) is 0.143. The molecule has 1 N–H and O–H groups in total. The standard InChI is InChI=1S/C14H12N2O5/c1-9-6-12(16(20)21)8-15(13(9)17)7-10-2-4-11(5-3-10)14(18)19/h2-6,8H,7H2,1H3,(H,18,19). The van der Waals surface area contributed by atoms with E-state index in [9.17, 15) is 19.7 Å². The number of carboxylic acids is 1. The lowest BCUT2D eigenvalue weighted by molar-refractivity contribution is -0.385. The second-order valence-electron chi connectivity index (χ2n) is 4.57. The topological polar surface area (TPSA) is 102 Å². The maximum atomic E-state index is 12.0. The summed E-state index contributed by atoms with van der Waals surface area (Å²) in [5.41, 5.74) is 0.631. The van der Waals surface area contributed by atoms with Crippen LogP contribution in [0.2, 0.25) is 0 Å². The minimum atomic E-state index is -1.04. The summed E-state index contributed by atoms with van der Waals surface area (Å²) in [4.78, 5) is 33.0. The van der Waals surface area contributed by atoms with Crippen LogP contribution >= 0.6 is 0 Å². The summed E-state index contributed by atoms with van der Waals surface area (Å²) in [6, 6.07) is 7.22. The van der Waals surface area contributed by atoms with Gasteiger partial charge in [0.1, 0.15) is 0 Å². The molecule has 108 valence electrons. The molecule has 7 nitrogen and oxygen atoms in total. The van der Waals surface area contributed by atoms with Crippen molar-refractivity contribution < 1.29 is 14.8 Å². The van der Waals surface area contributed by atoms with E-state index in [1.807, 2.05) is 0 Å². The highest BCUT2D eigenvalue weighted by molar-refractivity contribution is 5.87. The summed E-state index contributed by atoms with van der Waals surface area (Å²) >= 11 is 0. The van der Waals surface area contributed by atoms with Gasteiger partial charge >= 0.3 is 5.97 Å². The van der Waals surface area contributed by atoms with Gasteiger partial charge in [-0.2, -0.15) is 0 Å². The lowest BCUT2D eigenvalue weighted by Gasteiger charge is -2.07. The second-order valence-corrected chi connectivity index (χ2v) is 4.57. The molecule has 1 heterocycles. The molecule has 0 saturated carbocycles. The summed E-state index contributed by atoms with van der Waals surface area (Å²) in [5.74, 6) is -1.04. The first-order valence-electron chi connectivity index (χ1n) is 6.06. The lowest BCUT2D eigenvalue weighted by atomic mass is 10.1. The summed E-state index contributed by atoms with van der Waals surface area (Å²) in [7, 11) is 0. The zero-order valence-electron chi connectivity index (χ0n) is 11.1. The number of benzene rings is 1. The fourth-order valence-corrected chi connectivity index (χ4v) is 1.93. The third-order valence-electron chi connectivity index (χ3n) is 3.02. The lowest BCUT2D eigenvalue weighted by Crippen LogP contribution is -2.22. The highest BCUT2D eigenvalue weighted by Gasteiger charge is 2.11. The summed E-state index contributed by atoms with van der Waals surface area (Å²) in [6.45, 7) is 1.65. The monoisotopic (exact) mass is 288 g/mol. The van der Waals surface area contributed by atoms with Crippen LogP contribution in [0.5, 0.6) is 0 Å². The molecule has 7 heteroatoms. The number of carboxylic acid groups (broad SMARTS) is 1. The van der Waals surface area contributed by atoms with Gasteiger partial charge in [-0.05, 0) is 24.6 Å². The molecule has 0 radical (unpaired) electrons. The number of hydrogen-bond acceptors (Lipinski definition) is 4. The van der Waals surface area contributed by atoms with Crippen molar-refractivity contribution in [2.24, 2.45) is 0 Å². The van der Waals surface area contributed by atoms with Crippen LogP contribution in [0.25, 0.3) is 0 Å². The molecule has 0 bridgehead atoms. The molecule has 0 fully saturated rings. The molecule has 0 aliphatic heterocycles. The van der Waals surface area contributed by atoms with Crippen molar-refractivity contribution in [1.82, 2.24) is 4.57 Å². The van der Waals surface area contributed by atoms with Crippen molar-refractivity contribution in [3.8, 4) is 0 Å². The zero-order chi connectivity index (χ0) is 15.6. The average molecular weight is 288 g/mol. The Morgan fingerprint density at radius 3 is 2.48 bits per heavy atom. The largest absolute Gasteiger partial charge is 0.478 e. The number of carbonyl (C=O) groups is 1. The number of nitrogens with zero attached hydrogens (tertiary/aromatic N) is 2. The SMILES string of the molecule is Cc1cc([N+](=O)[O-])cn(Cc2ccc(C(=O)O)cc2)c1=O. The van der Waals surface area contributed by atoms with Crippen LogP contribution in [0.4, 0.5) is 5.69 Å². The van der Waals surface area contributed by atoms with E-state index < -0.39 is 10.9 Å². The molecule has 0 atom stereocenters. The van der Waals surface area contributed by atoms with Gasteiger partial charge in [-0.25, -0.2) is 4.79 Å². The number of aryl methyl sites for hydroxylation is 1. The molecule has 0 aliphatic carbocycles. The number of rotatable bonds is 4. The first kappa shape index (κ1) is 14.4. The Labute approximate surface area is 119 Å². The third kappa shape index (κ3) is 3.14. The number of pyridine rings is 1. The predicted octanol–water partition coefficient (Wildman–Crippen LogP) is 1.81. The Bertz CT molecular complexity index is 762. The van der Waals surface area contributed by atoms with E-state index in [1.54, 1.807) is 12.1 Å². The molecule has 0 spiro atoms. The van der Waals surface area contributed by atoms with Gasteiger partial charge in [-0.3, -0.25) is 14.9 Å². The normalized spacial score (nSPS) is 10.3. The molecule has 1 aromatic carbocycles.